The van der Waals surface area contributed by atoms with Gasteiger partial charge < -0.3 is 43.8 Å². The Kier molecular flexibility index (Phi) is 12.4. The summed E-state index contributed by atoms with van der Waals surface area (Å²) in [6.07, 6.45) is -1.64. The van der Waals surface area contributed by atoms with E-state index in [1.165, 1.54) is 11.8 Å². The summed E-state index contributed by atoms with van der Waals surface area (Å²) in [5.74, 6) is -1.06. The van der Waals surface area contributed by atoms with Crippen molar-refractivity contribution in [3.8, 4) is 0 Å². The van der Waals surface area contributed by atoms with Gasteiger partial charge >= 0.3 is 11.9 Å². The van der Waals surface area contributed by atoms with E-state index < -0.39 is 65.1 Å². The molecule has 41 heavy (non-hydrogen) atoms. The molecule has 2 aliphatic heterocycles. The van der Waals surface area contributed by atoms with Crippen molar-refractivity contribution in [2.75, 3.05) is 19.3 Å². The fourth-order valence-corrected chi connectivity index (χ4v) is 6.10. The molecule has 0 aromatic carbocycles. The molecule has 2 aliphatic rings. The molecule has 0 aliphatic carbocycles. The quantitative estimate of drug-likeness (QED) is 0.170. The minimum absolute atomic E-state index is 0.0553. The van der Waals surface area contributed by atoms with Crippen LogP contribution in [0.4, 0.5) is 4.79 Å². The SMILES string of the molecule is [C-]#[N+]CCC[C@H]1CC[C@@H](C(=O)N[C@@H]([C@H]2O[C@H](SC)[C@H](O)[C@@H](O)[C@H]2O)[C@H](C)Cl)N(C(=O)OCc2oc(=O)oc2C)CC1. The lowest BCUT2D eigenvalue weighted by molar-refractivity contribution is -0.205. The average Bonchev–Trinajstić information content (AvgIpc) is 3.12. The van der Waals surface area contributed by atoms with Gasteiger partial charge in [0, 0.05) is 13.0 Å². The topological polar surface area (TPSA) is 176 Å². The maximum absolute atomic E-state index is 13.7. The Balaban J connectivity index is 1.79. The van der Waals surface area contributed by atoms with Gasteiger partial charge in [-0.25, -0.2) is 16.2 Å². The van der Waals surface area contributed by atoms with Crippen molar-refractivity contribution in [1.29, 1.82) is 0 Å². The van der Waals surface area contributed by atoms with E-state index in [0.29, 0.717) is 32.2 Å². The summed E-state index contributed by atoms with van der Waals surface area (Å²) in [6.45, 7) is 10.4. The first kappa shape index (κ1) is 33.2. The van der Waals surface area contributed by atoms with Gasteiger partial charge in [-0.1, -0.05) is 0 Å². The van der Waals surface area contributed by atoms with E-state index in [1.54, 1.807) is 13.2 Å². The van der Waals surface area contributed by atoms with Gasteiger partial charge in [-0.05, 0) is 51.7 Å². The number of carbonyl (C=O) groups excluding carboxylic acids is 2. The molecule has 0 saturated carbocycles. The number of alkyl halides is 1. The third-order valence-corrected chi connectivity index (χ3v) is 8.71. The first-order chi connectivity index (χ1) is 19.5. The minimum atomic E-state index is -1.53. The molecular formula is C26H38ClN3O10S. The van der Waals surface area contributed by atoms with E-state index in [0.717, 1.165) is 18.2 Å². The molecule has 0 unspecified atom stereocenters. The van der Waals surface area contributed by atoms with Crippen molar-refractivity contribution in [3.05, 3.63) is 33.6 Å². The van der Waals surface area contributed by atoms with Crippen LogP contribution in [0.5, 0.6) is 0 Å². The van der Waals surface area contributed by atoms with Gasteiger partial charge in [0.05, 0.1) is 11.4 Å². The standard InChI is InChI=1S/C26H38ClN3O10S/c1-13(27)18(22-20(32)19(31)21(33)24(40-22)41-4)29-23(34)16-8-7-15(6-5-10-28-3)9-11-30(16)25(35)37-12-17-14(2)38-26(36)39-17/h13,15-16,18-22,24,31-33H,5-12H2,1-2,4H3,(H,29,34)/t13-,15-,16-,18+,19-,20+,21+,22+,24+/m0/s1. The maximum Gasteiger partial charge on any atom is 0.519 e. The van der Waals surface area contributed by atoms with Gasteiger partial charge in [0.2, 0.25) is 12.5 Å². The number of aliphatic hydroxyl groups excluding tert-OH is 3. The molecule has 13 nitrogen and oxygen atoms in total. The van der Waals surface area contributed by atoms with Crippen LogP contribution in [-0.2, 0) is 20.9 Å². The van der Waals surface area contributed by atoms with Crippen LogP contribution in [0.15, 0.2) is 13.6 Å². The Labute approximate surface area is 247 Å². The van der Waals surface area contributed by atoms with E-state index in [1.807, 2.05) is 0 Å². The Bertz CT molecular complexity index is 1120. The number of aliphatic hydroxyl groups is 3. The van der Waals surface area contributed by atoms with Crippen molar-refractivity contribution < 1.29 is 43.2 Å². The Morgan fingerprint density at radius 1 is 1.22 bits per heavy atom. The molecular weight excluding hydrogens is 582 g/mol. The zero-order valence-electron chi connectivity index (χ0n) is 23.2. The number of thioether (sulfide) groups is 1. The van der Waals surface area contributed by atoms with Gasteiger partial charge in [0.15, 0.2) is 18.1 Å². The Morgan fingerprint density at radius 2 is 1.95 bits per heavy atom. The zero-order valence-corrected chi connectivity index (χ0v) is 24.8. The molecule has 0 spiro atoms. The molecule has 2 fully saturated rings. The fourth-order valence-electron chi connectivity index (χ4n) is 5.21. The molecule has 2 saturated heterocycles. The molecule has 1 aromatic rings. The third-order valence-electron chi connectivity index (χ3n) is 7.58. The second-order valence-corrected chi connectivity index (χ2v) is 12.0. The first-order valence-corrected chi connectivity index (χ1v) is 15.2. The average molecular weight is 620 g/mol. The first-order valence-electron chi connectivity index (χ1n) is 13.5. The van der Waals surface area contributed by atoms with Crippen LogP contribution >= 0.6 is 23.4 Å². The largest absolute Gasteiger partial charge is 0.519 e. The van der Waals surface area contributed by atoms with Gasteiger partial charge in [-0.3, -0.25) is 9.69 Å². The highest BCUT2D eigenvalue weighted by Crippen LogP contribution is 2.31. The predicted octanol–water partition coefficient (Wildman–Crippen LogP) is 1.63. The molecule has 3 rings (SSSR count). The van der Waals surface area contributed by atoms with Crippen LogP contribution in [0.2, 0.25) is 0 Å². The predicted molar refractivity (Wildman–Crippen MR) is 148 cm³/mol. The summed E-state index contributed by atoms with van der Waals surface area (Å²) in [5.41, 5.74) is -0.861. The molecule has 0 radical (unpaired) electrons. The lowest BCUT2D eigenvalue weighted by Crippen LogP contribution is -2.65. The number of hydrogen-bond acceptors (Lipinski definition) is 11. The number of hydrogen-bond donors (Lipinski definition) is 4. The van der Waals surface area contributed by atoms with E-state index in [2.05, 4.69) is 10.2 Å². The summed E-state index contributed by atoms with van der Waals surface area (Å²) >= 11 is 7.57. The van der Waals surface area contributed by atoms with Crippen LogP contribution in [0.25, 0.3) is 4.85 Å². The van der Waals surface area contributed by atoms with E-state index in [4.69, 9.17) is 36.5 Å². The lowest BCUT2D eigenvalue weighted by Gasteiger charge is -2.44. The van der Waals surface area contributed by atoms with Crippen LogP contribution in [0.1, 0.15) is 50.5 Å². The summed E-state index contributed by atoms with van der Waals surface area (Å²) < 4.78 is 20.9. The molecule has 230 valence electrons. The molecule has 0 bridgehead atoms. The number of halogens is 1. The number of nitrogens with zero attached hydrogens (tertiary/aromatic N) is 2. The lowest BCUT2D eigenvalue weighted by atomic mass is 9.92. The third kappa shape index (κ3) is 8.39. The number of aryl methyl sites for hydroxylation is 1. The van der Waals surface area contributed by atoms with E-state index in [9.17, 15) is 29.7 Å². The van der Waals surface area contributed by atoms with Gasteiger partial charge in [0.25, 0.3) is 0 Å². The summed E-state index contributed by atoms with van der Waals surface area (Å²) in [5, 5.41) is 33.4. The molecule has 3 heterocycles. The second-order valence-electron chi connectivity index (χ2n) is 10.3. The number of carbonyl (C=O) groups is 2. The molecule has 4 N–H and O–H groups in total. The summed E-state index contributed by atoms with van der Waals surface area (Å²) in [6, 6.07) is -1.94. The van der Waals surface area contributed by atoms with Crippen LogP contribution in [-0.4, -0.2) is 98.9 Å². The van der Waals surface area contributed by atoms with Crippen molar-refractivity contribution in [2.45, 2.75) is 99.9 Å². The number of amides is 2. The van der Waals surface area contributed by atoms with Gasteiger partial charge in [0.1, 0.15) is 35.9 Å². The Hall–Kier alpha value is -2.28. The van der Waals surface area contributed by atoms with Gasteiger partial charge in [-0.2, -0.15) is 0 Å². The maximum atomic E-state index is 13.7. The molecule has 2 amide bonds. The smallest absolute Gasteiger partial charge is 0.441 e. The van der Waals surface area contributed by atoms with Gasteiger partial charge in [-0.15, -0.1) is 23.4 Å². The fraction of sp³-hybridized carbons (Fsp3) is 0.769. The number of rotatable bonds is 10. The molecule has 15 heteroatoms. The molecule has 9 atom stereocenters. The van der Waals surface area contributed by atoms with E-state index >= 15 is 0 Å². The number of likely N-dealkylation sites (tertiary alicyclic amines) is 1. The number of nitrogens with one attached hydrogen (secondary N) is 1. The van der Waals surface area contributed by atoms with Crippen molar-refractivity contribution in [3.63, 3.8) is 0 Å². The second kappa shape index (κ2) is 15.3. The van der Waals surface area contributed by atoms with Crippen LogP contribution in [0.3, 0.4) is 0 Å². The highest BCUT2D eigenvalue weighted by atomic mass is 35.5. The highest BCUT2D eigenvalue weighted by Gasteiger charge is 2.48. The van der Waals surface area contributed by atoms with Crippen molar-refractivity contribution >= 4 is 35.4 Å². The van der Waals surface area contributed by atoms with Crippen molar-refractivity contribution in [2.24, 2.45) is 5.92 Å². The monoisotopic (exact) mass is 619 g/mol. The molecule has 1 aromatic heterocycles. The van der Waals surface area contributed by atoms with Crippen LogP contribution < -0.4 is 11.1 Å². The Morgan fingerprint density at radius 3 is 2.56 bits per heavy atom. The minimum Gasteiger partial charge on any atom is -0.441 e. The van der Waals surface area contributed by atoms with E-state index in [-0.39, 0.29) is 30.6 Å². The summed E-state index contributed by atoms with van der Waals surface area (Å²) in [4.78, 5) is 43.0. The summed E-state index contributed by atoms with van der Waals surface area (Å²) in [7, 11) is 0. The number of ether oxygens (including phenoxy) is 2. The highest BCUT2D eigenvalue weighted by molar-refractivity contribution is 7.99. The zero-order chi connectivity index (χ0) is 30.3. The van der Waals surface area contributed by atoms with Crippen LogP contribution in [0, 0.1) is 19.4 Å². The normalized spacial score (nSPS) is 30.1. The van der Waals surface area contributed by atoms with Crippen molar-refractivity contribution in [1.82, 2.24) is 10.2 Å².